The van der Waals surface area contributed by atoms with Crippen molar-refractivity contribution in [3.05, 3.63) is 23.8 Å². The maximum Gasteiger partial charge on any atom is 0.494 e. The minimum Gasteiger partial charge on any atom is -0.399 e. The fraction of sp³-hybridized carbons (Fsp3) is 0.647. The molecule has 1 saturated carbocycles. The summed E-state index contributed by atoms with van der Waals surface area (Å²) in [7, 11) is -4.59. The van der Waals surface area contributed by atoms with Crippen LogP contribution in [0.25, 0.3) is 0 Å². The summed E-state index contributed by atoms with van der Waals surface area (Å²) in [6.45, 7) is 9.43. The van der Waals surface area contributed by atoms with Gasteiger partial charge in [0.25, 0.3) is 5.92 Å². The molecule has 0 amide bonds. The first kappa shape index (κ1) is 19.7. The molecule has 3 rings (SSSR count). The minimum atomic E-state index is -3.90. The van der Waals surface area contributed by atoms with Crippen molar-refractivity contribution in [1.29, 1.82) is 0 Å². The average molecular weight is 387 g/mol. The van der Waals surface area contributed by atoms with Gasteiger partial charge < -0.3 is 9.31 Å². The highest BCUT2D eigenvalue weighted by molar-refractivity contribution is 7.89. The fourth-order valence-electron chi connectivity index (χ4n) is 3.08. The van der Waals surface area contributed by atoms with Gasteiger partial charge in [0.2, 0.25) is 10.0 Å². The quantitative estimate of drug-likeness (QED) is 0.806. The Bertz CT molecular complexity index is 802. The van der Waals surface area contributed by atoms with Crippen molar-refractivity contribution in [1.82, 2.24) is 4.72 Å². The molecule has 2 aliphatic rings. The lowest BCUT2D eigenvalue weighted by molar-refractivity contribution is -0.0876. The molecular formula is C17H24BF2NO4S. The van der Waals surface area contributed by atoms with E-state index in [0.717, 1.165) is 5.56 Å². The van der Waals surface area contributed by atoms with Gasteiger partial charge in [0.05, 0.1) is 16.1 Å². The highest BCUT2D eigenvalue weighted by Crippen LogP contribution is 2.38. The molecule has 1 aliphatic heterocycles. The third-order valence-corrected chi connectivity index (χ3v) is 6.82. The highest BCUT2D eigenvalue weighted by Gasteiger charge is 2.52. The zero-order valence-electron chi connectivity index (χ0n) is 15.6. The smallest absolute Gasteiger partial charge is 0.399 e. The summed E-state index contributed by atoms with van der Waals surface area (Å²) in [5.74, 6) is -2.78. The zero-order valence-corrected chi connectivity index (χ0v) is 16.4. The number of sulfonamides is 1. The molecule has 1 aromatic carbocycles. The highest BCUT2D eigenvalue weighted by atomic mass is 32.2. The van der Waals surface area contributed by atoms with Crippen LogP contribution >= 0.6 is 0 Å². The second-order valence-corrected chi connectivity index (χ2v) is 9.96. The molecule has 5 nitrogen and oxygen atoms in total. The summed E-state index contributed by atoms with van der Waals surface area (Å²) < 4.78 is 65.4. The maximum atomic E-state index is 13.0. The molecule has 1 saturated heterocycles. The van der Waals surface area contributed by atoms with Gasteiger partial charge in [0, 0.05) is 18.9 Å². The molecule has 1 aliphatic carbocycles. The Morgan fingerprint density at radius 2 is 1.62 bits per heavy atom. The lowest BCUT2D eigenvalue weighted by Gasteiger charge is -2.35. The van der Waals surface area contributed by atoms with Gasteiger partial charge in [-0.05, 0) is 52.2 Å². The summed E-state index contributed by atoms with van der Waals surface area (Å²) in [5.41, 5.74) is 0.214. The van der Waals surface area contributed by atoms with Crippen LogP contribution in [0.1, 0.15) is 46.1 Å². The molecule has 0 atom stereocenters. The predicted octanol–water partition coefficient (Wildman–Crippen LogP) is 2.37. The molecule has 2 fully saturated rings. The molecule has 1 heterocycles. The fourth-order valence-corrected chi connectivity index (χ4v) is 4.45. The van der Waals surface area contributed by atoms with Crippen LogP contribution in [0.5, 0.6) is 0 Å². The van der Waals surface area contributed by atoms with Crippen LogP contribution in [0.4, 0.5) is 8.78 Å². The Hall–Kier alpha value is -1.03. The third kappa shape index (κ3) is 3.67. The molecule has 0 aromatic heterocycles. The molecule has 1 aromatic rings. The Labute approximate surface area is 153 Å². The van der Waals surface area contributed by atoms with Crippen molar-refractivity contribution in [2.45, 2.75) is 75.5 Å². The first-order chi connectivity index (χ1) is 11.7. The Kier molecular flexibility index (Phi) is 4.54. The Morgan fingerprint density at radius 1 is 1.08 bits per heavy atom. The summed E-state index contributed by atoms with van der Waals surface area (Å²) in [6, 6.07) is 4.05. The first-order valence-electron chi connectivity index (χ1n) is 8.58. The zero-order chi connectivity index (χ0) is 19.5. The van der Waals surface area contributed by atoms with E-state index in [9.17, 15) is 17.2 Å². The number of alkyl halides is 2. The second kappa shape index (κ2) is 5.99. The number of nitrogens with one attached hydrogen (secondary N) is 1. The van der Waals surface area contributed by atoms with E-state index in [1.165, 1.54) is 12.1 Å². The standard InChI is InChI=1S/C17H24BF2NO4S/c1-11-6-12(18-24-15(2,3)16(4,5)25-18)8-14(7-11)26(22,23)21-13-9-17(19,20)10-13/h6-8,13,21H,9-10H2,1-5H3. The molecule has 1 N–H and O–H groups in total. The van der Waals surface area contributed by atoms with Crippen molar-refractivity contribution < 1.29 is 26.5 Å². The predicted molar refractivity (Wildman–Crippen MR) is 95.2 cm³/mol. The lowest BCUT2D eigenvalue weighted by Crippen LogP contribution is -2.50. The maximum absolute atomic E-state index is 13.0. The van der Waals surface area contributed by atoms with Gasteiger partial charge in [-0.15, -0.1) is 0 Å². The van der Waals surface area contributed by atoms with Crippen molar-refractivity contribution in [2.24, 2.45) is 0 Å². The first-order valence-corrected chi connectivity index (χ1v) is 10.1. The topological polar surface area (TPSA) is 64.6 Å². The van der Waals surface area contributed by atoms with Gasteiger partial charge >= 0.3 is 7.12 Å². The van der Waals surface area contributed by atoms with Gasteiger partial charge in [0.15, 0.2) is 0 Å². The lowest BCUT2D eigenvalue weighted by atomic mass is 9.78. The molecule has 0 unspecified atom stereocenters. The van der Waals surface area contributed by atoms with E-state index in [2.05, 4.69) is 4.72 Å². The summed E-state index contributed by atoms with van der Waals surface area (Å²) >= 11 is 0. The number of hydrogen-bond acceptors (Lipinski definition) is 4. The summed E-state index contributed by atoms with van der Waals surface area (Å²) in [5, 5.41) is 0. The number of rotatable bonds is 4. The van der Waals surface area contributed by atoms with Gasteiger partial charge in [0.1, 0.15) is 0 Å². The summed E-state index contributed by atoms with van der Waals surface area (Å²) in [4.78, 5) is 0.0254. The van der Waals surface area contributed by atoms with Crippen molar-refractivity contribution in [2.75, 3.05) is 0 Å². The SMILES string of the molecule is Cc1cc(B2OC(C)(C)C(C)(C)O2)cc(S(=O)(=O)NC2CC(F)(F)C2)c1. The van der Waals surface area contributed by atoms with E-state index in [1.807, 2.05) is 27.7 Å². The van der Waals surface area contributed by atoms with Gasteiger partial charge in [-0.1, -0.05) is 11.6 Å². The van der Waals surface area contributed by atoms with E-state index in [-0.39, 0.29) is 4.90 Å². The van der Waals surface area contributed by atoms with E-state index in [4.69, 9.17) is 9.31 Å². The van der Waals surface area contributed by atoms with Crippen LogP contribution in [0.2, 0.25) is 0 Å². The van der Waals surface area contributed by atoms with Crippen LogP contribution in [-0.4, -0.2) is 38.7 Å². The molecule has 9 heteroatoms. The van der Waals surface area contributed by atoms with Gasteiger partial charge in [-0.3, -0.25) is 0 Å². The van der Waals surface area contributed by atoms with E-state index >= 15 is 0 Å². The largest absolute Gasteiger partial charge is 0.494 e. The van der Waals surface area contributed by atoms with Crippen LogP contribution < -0.4 is 10.2 Å². The number of benzene rings is 1. The van der Waals surface area contributed by atoms with E-state index in [0.29, 0.717) is 5.46 Å². The third-order valence-electron chi connectivity index (χ3n) is 5.32. The van der Waals surface area contributed by atoms with E-state index < -0.39 is 53.1 Å². The van der Waals surface area contributed by atoms with Crippen LogP contribution in [0, 0.1) is 6.92 Å². The summed E-state index contributed by atoms with van der Waals surface area (Å²) in [6.07, 6.45) is -0.940. The molecule has 0 spiro atoms. The number of halogens is 2. The molecule has 26 heavy (non-hydrogen) atoms. The average Bonchev–Trinajstić information content (AvgIpc) is 2.64. The molecular weight excluding hydrogens is 363 g/mol. The Morgan fingerprint density at radius 3 is 2.12 bits per heavy atom. The Balaban J connectivity index is 1.85. The van der Waals surface area contributed by atoms with Crippen molar-refractivity contribution in [3.8, 4) is 0 Å². The van der Waals surface area contributed by atoms with Crippen LogP contribution in [0.3, 0.4) is 0 Å². The van der Waals surface area contributed by atoms with Crippen molar-refractivity contribution >= 4 is 22.6 Å². The monoisotopic (exact) mass is 387 g/mol. The van der Waals surface area contributed by atoms with Gasteiger partial charge in [-0.25, -0.2) is 21.9 Å². The molecule has 0 radical (unpaired) electrons. The van der Waals surface area contributed by atoms with Crippen LogP contribution in [0.15, 0.2) is 23.1 Å². The van der Waals surface area contributed by atoms with E-state index in [1.54, 1.807) is 13.0 Å². The minimum absolute atomic E-state index is 0.0254. The molecule has 0 bridgehead atoms. The normalized spacial score (nSPS) is 24.5. The number of hydrogen-bond donors (Lipinski definition) is 1. The molecule has 144 valence electrons. The van der Waals surface area contributed by atoms with Crippen molar-refractivity contribution in [3.63, 3.8) is 0 Å². The number of aryl methyl sites for hydroxylation is 1. The second-order valence-electron chi connectivity index (χ2n) is 8.25. The van der Waals surface area contributed by atoms with Crippen LogP contribution in [-0.2, 0) is 19.3 Å². The van der Waals surface area contributed by atoms with Gasteiger partial charge in [-0.2, -0.15) is 0 Å².